The summed E-state index contributed by atoms with van der Waals surface area (Å²) >= 11 is 3.03. The van der Waals surface area contributed by atoms with E-state index in [4.69, 9.17) is 5.73 Å². The fraction of sp³-hybridized carbons (Fsp3) is 0.385. The van der Waals surface area contributed by atoms with Gasteiger partial charge < -0.3 is 5.73 Å². The number of nitrogens with one attached hydrogen (secondary N) is 1. The van der Waals surface area contributed by atoms with E-state index in [1.54, 1.807) is 18.3 Å². The lowest BCUT2D eigenvalue weighted by Gasteiger charge is -2.14. The van der Waals surface area contributed by atoms with Crippen LogP contribution in [-0.2, 0) is 23.0 Å². The van der Waals surface area contributed by atoms with Crippen LogP contribution in [0.4, 0.5) is 0 Å². The van der Waals surface area contributed by atoms with E-state index in [9.17, 15) is 8.42 Å². The maximum absolute atomic E-state index is 12.5. The molecular formula is C13H18N2O2S3. The summed E-state index contributed by atoms with van der Waals surface area (Å²) in [5, 5.41) is 3.83. The predicted octanol–water partition coefficient (Wildman–Crippen LogP) is 2.49. The van der Waals surface area contributed by atoms with Crippen molar-refractivity contribution in [2.45, 2.75) is 37.8 Å². The molecule has 0 spiro atoms. The molecule has 0 bridgehead atoms. The SMILES string of the molecule is Cc1csc(CN)c1S(=O)(=O)NC(C)Cc1cccs1. The van der Waals surface area contributed by atoms with E-state index in [-0.39, 0.29) is 12.6 Å². The second-order valence-corrected chi connectivity index (χ2v) is 8.33. The van der Waals surface area contributed by atoms with Crippen molar-refractivity contribution in [3.05, 3.63) is 38.2 Å². The highest BCUT2D eigenvalue weighted by atomic mass is 32.2. The van der Waals surface area contributed by atoms with Gasteiger partial charge >= 0.3 is 0 Å². The van der Waals surface area contributed by atoms with Crippen LogP contribution in [0.5, 0.6) is 0 Å². The molecule has 2 aromatic heterocycles. The standard InChI is InChI=1S/C13H18N2O2S3/c1-9-8-19-12(7-14)13(9)20(16,17)15-10(2)6-11-4-3-5-18-11/h3-5,8,10,15H,6-7,14H2,1-2H3. The van der Waals surface area contributed by atoms with Crippen molar-refractivity contribution in [2.24, 2.45) is 5.73 Å². The van der Waals surface area contributed by atoms with Gasteiger partial charge in [-0.3, -0.25) is 0 Å². The fourth-order valence-corrected chi connectivity index (χ4v) is 5.87. The van der Waals surface area contributed by atoms with E-state index >= 15 is 0 Å². The molecule has 0 aromatic carbocycles. The number of hydrogen-bond acceptors (Lipinski definition) is 5. The van der Waals surface area contributed by atoms with Crippen molar-refractivity contribution >= 4 is 32.7 Å². The van der Waals surface area contributed by atoms with E-state index in [0.29, 0.717) is 16.2 Å². The largest absolute Gasteiger partial charge is 0.326 e. The first-order valence-electron chi connectivity index (χ1n) is 6.25. The molecule has 0 aliphatic heterocycles. The molecule has 0 saturated carbocycles. The Bertz CT molecular complexity index is 660. The van der Waals surface area contributed by atoms with Crippen LogP contribution >= 0.6 is 22.7 Å². The molecule has 4 nitrogen and oxygen atoms in total. The minimum absolute atomic E-state index is 0.149. The van der Waals surface area contributed by atoms with Crippen LogP contribution in [-0.4, -0.2) is 14.5 Å². The molecule has 0 aliphatic rings. The zero-order valence-corrected chi connectivity index (χ0v) is 13.9. The first-order valence-corrected chi connectivity index (χ1v) is 9.50. The maximum atomic E-state index is 12.5. The lowest BCUT2D eigenvalue weighted by atomic mass is 10.2. The molecule has 3 N–H and O–H groups in total. The molecule has 0 radical (unpaired) electrons. The summed E-state index contributed by atoms with van der Waals surface area (Å²) in [4.78, 5) is 2.22. The summed E-state index contributed by atoms with van der Waals surface area (Å²) in [5.41, 5.74) is 6.38. The second kappa shape index (κ2) is 6.36. The lowest BCUT2D eigenvalue weighted by molar-refractivity contribution is 0.559. The topological polar surface area (TPSA) is 72.2 Å². The number of aryl methyl sites for hydroxylation is 1. The van der Waals surface area contributed by atoms with Gasteiger partial charge in [0.2, 0.25) is 10.0 Å². The number of rotatable bonds is 6. The molecular weight excluding hydrogens is 312 g/mol. The Kier molecular flexibility index (Phi) is 4.98. The molecule has 1 atom stereocenters. The molecule has 2 rings (SSSR count). The molecule has 0 fully saturated rings. The molecule has 0 amide bonds. The van der Waals surface area contributed by atoms with Gasteiger partial charge in [0.1, 0.15) is 4.90 Å². The first-order chi connectivity index (χ1) is 9.44. The highest BCUT2D eigenvalue weighted by Gasteiger charge is 2.24. The first kappa shape index (κ1) is 15.7. The number of hydrogen-bond donors (Lipinski definition) is 2. The van der Waals surface area contributed by atoms with Crippen LogP contribution < -0.4 is 10.5 Å². The predicted molar refractivity (Wildman–Crippen MR) is 84.8 cm³/mol. The average Bonchev–Trinajstić information content (AvgIpc) is 2.97. The van der Waals surface area contributed by atoms with Crippen LogP contribution in [0.2, 0.25) is 0 Å². The van der Waals surface area contributed by atoms with Gasteiger partial charge in [-0.2, -0.15) is 0 Å². The molecule has 2 aromatic rings. The second-order valence-electron chi connectivity index (χ2n) is 4.68. The number of nitrogens with two attached hydrogens (primary N) is 1. The van der Waals surface area contributed by atoms with Crippen LogP contribution in [0.1, 0.15) is 22.2 Å². The third kappa shape index (κ3) is 3.48. The minimum atomic E-state index is -3.51. The van der Waals surface area contributed by atoms with E-state index in [1.165, 1.54) is 16.2 Å². The monoisotopic (exact) mass is 330 g/mol. The third-order valence-corrected chi connectivity index (χ3v) is 6.86. The van der Waals surface area contributed by atoms with Gasteiger partial charge in [0.25, 0.3) is 0 Å². The maximum Gasteiger partial charge on any atom is 0.242 e. The van der Waals surface area contributed by atoms with Crippen molar-refractivity contribution in [1.29, 1.82) is 0 Å². The van der Waals surface area contributed by atoms with E-state index < -0.39 is 10.0 Å². The number of sulfonamides is 1. The summed E-state index contributed by atoms with van der Waals surface area (Å²) in [6, 6.07) is 3.83. The van der Waals surface area contributed by atoms with Gasteiger partial charge in [0, 0.05) is 22.3 Å². The van der Waals surface area contributed by atoms with Crippen molar-refractivity contribution in [2.75, 3.05) is 0 Å². The molecule has 0 saturated heterocycles. The van der Waals surface area contributed by atoms with Gasteiger partial charge in [-0.15, -0.1) is 22.7 Å². The average molecular weight is 331 g/mol. The molecule has 1 unspecified atom stereocenters. The summed E-state index contributed by atoms with van der Waals surface area (Å²) in [6.07, 6.45) is 0.692. The Morgan fingerprint density at radius 2 is 2.15 bits per heavy atom. The third-order valence-electron chi connectivity index (χ3n) is 2.89. The fourth-order valence-electron chi connectivity index (χ4n) is 2.09. The zero-order chi connectivity index (χ0) is 14.8. The summed E-state index contributed by atoms with van der Waals surface area (Å²) in [5.74, 6) is 0. The van der Waals surface area contributed by atoms with E-state index in [2.05, 4.69) is 4.72 Å². The summed E-state index contributed by atoms with van der Waals surface area (Å²) in [7, 11) is -3.51. The van der Waals surface area contributed by atoms with Crippen LogP contribution in [0.3, 0.4) is 0 Å². The van der Waals surface area contributed by atoms with Gasteiger partial charge in [0.05, 0.1) is 0 Å². The Morgan fingerprint density at radius 1 is 1.40 bits per heavy atom. The Hall–Kier alpha value is -0.730. The smallest absolute Gasteiger partial charge is 0.242 e. The molecule has 2 heterocycles. The van der Waals surface area contributed by atoms with Gasteiger partial charge in [0.15, 0.2) is 0 Å². The van der Waals surface area contributed by atoms with Crippen LogP contribution in [0, 0.1) is 6.92 Å². The van der Waals surface area contributed by atoms with Gasteiger partial charge in [-0.1, -0.05) is 6.07 Å². The molecule has 20 heavy (non-hydrogen) atoms. The van der Waals surface area contributed by atoms with Crippen molar-refractivity contribution in [3.63, 3.8) is 0 Å². The van der Waals surface area contributed by atoms with Crippen LogP contribution in [0.15, 0.2) is 27.8 Å². The quantitative estimate of drug-likeness (QED) is 0.855. The zero-order valence-electron chi connectivity index (χ0n) is 11.4. The Labute approximate surface area is 127 Å². The van der Waals surface area contributed by atoms with Crippen molar-refractivity contribution < 1.29 is 8.42 Å². The lowest BCUT2D eigenvalue weighted by Crippen LogP contribution is -2.34. The van der Waals surface area contributed by atoms with Crippen molar-refractivity contribution in [1.82, 2.24) is 4.72 Å². The molecule has 0 aliphatic carbocycles. The van der Waals surface area contributed by atoms with Gasteiger partial charge in [-0.05, 0) is 42.7 Å². The number of thiophene rings is 2. The Morgan fingerprint density at radius 3 is 2.75 bits per heavy atom. The Balaban J connectivity index is 2.16. The van der Waals surface area contributed by atoms with Crippen LogP contribution in [0.25, 0.3) is 0 Å². The van der Waals surface area contributed by atoms with E-state index in [0.717, 1.165) is 5.56 Å². The minimum Gasteiger partial charge on any atom is -0.326 e. The normalized spacial score (nSPS) is 13.6. The van der Waals surface area contributed by atoms with E-state index in [1.807, 2.05) is 29.8 Å². The van der Waals surface area contributed by atoms with Gasteiger partial charge in [-0.25, -0.2) is 13.1 Å². The summed E-state index contributed by atoms with van der Waals surface area (Å²) in [6.45, 7) is 3.92. The summed E-state index contributed by atoms with van der Waals surface area (Å²) < 4.78 is 27.7. The highest BCUT2D eigenvalue weighted by molar-refractivity contribution is 7.89. The van der Waals surface area contributed by atoms with Crippen molar-refractivity contribution in [3.8, 4) is 0 Å². The highest BCUT2D eigenvalue weighted by Crippen LogP contribution is 2.26. The molecule has 110 valence electrons. The molecule has 7 heteroatoms.